The van der Waals surface area contributed by atoms with E-state index in [0.717, 1.165) is 5.54 Å². The third-order valence-corrected chi connectivity index (χ3v) is 5.81. The Morgan fingerprint density at radius 1 is 0.688 bits per heavy atom. The molecule has 0 aliphatic heterocycles. The minimum Gasteiger partial charge on any atom is -0.249 e. The van der Waals surface area contributed by atoms with Crippen LogP contribution in [0.3, 0.4) is 0 Å². The Kier molecular flexibility index (Phi) is 3.57. The monoisotopic (exact) mass is 225 g/mol. The molecule has 0 amide bonds. The Hall–Kier alpha value is -1.34. The normalized spacial score (nSPS) is 10.4. The van der Waals surface area contributed by atoms with Crippen LogP contribution in [-0.4, -0.2) is 8.80 Å². The van der Waals surface area contributed by atoms with E-state index in [1.54, 1.807) is 0 Å². The van der Waals surface area contributed by atoms with E-state index in [1.807, 2.05) is 0 Å². The number of benzene rings is 2. The molecule has 0 aromatic heterocycles. The topological polar surface area (TPSA) is 0 Å². The molecule has 0 heterocycles. The van der Waals surface area contributed by atoms with E-state index in [0.29, 0.717) is 0 Å². The third kappa shape index (κ3) is 2.42. The molecule has 16 heavy (non-hydrogen) atoms. The van der Waals surface area contributed by atoms with Crippen LogP contribution < -0.4 is 10.4 Å². The van der Waals surface area contributed by atoms with E-state index < -0.39 is 8.80 Å². The Balaban J connectivity index is 2.40. The molecule has 2 aromatic carbocycles. The van der Waals surface area contributed by atoms with Crippen LogP contribution in [0.4, 0.5) is 0 Å². The van der Waals surface area contributed by atoms with Gasteiger partial charge in [-0.05, 0) is 0 Å². The van der Waals surface area contributed by atoms with E-state index in [1.165, 1.54) is 10.4 Å². The van der Waals surface area contributed by atoms with Crippen LogP contribution in [0.2, 0.25) is 5.54 Å². The summed E-state index contributed by atoms with van der Waals surface area (Å²) in [6.07, 6.45) is 0. The molecule has 0 spiro atoms. The van der Waals surface area contributed by atoms with Crippen molar-refractivity contribution < 1.29 is 0 Å². The van der Waals surface area contributed by atoms with Gasteiger partial charge in [0.1, 0.15) is 0 Å². The first-order chi connectivity index (χ1) is 7.79. The van der Waals surface area contributed by atoms with Crippen LogP contribution in [0.1, 0.15) is 13.8 Å². The SMILES string of the molecule is CC(C)[Si-](c1ccccc1)c1ccccc1. The van der Waals surface area contributed by atoms with Gasteiger partial charge < -0.3 is 0 Å². The summed E-state index contributed by atoms with van der Waals surface area (Å²) in [5, 5.41) is 3.02. The van der Waals surface area contributed by atoms with Crippen molar-refractivity contribution in [2.45, 2.75) is 19.4 Å². The summed E-state index contributed by atoms with van der Waals surface area (Å²) in [7, 11) is -0.617. The molecule has 0 bridgehead atoms. The van der Waals surface area contributed by atoms with Gasteiger partial charge in [-0.1, -0.05) is 74.5 Å². The Bertz CT molecular complexity index is 380. The lowest BCUT2D eigenvalue weighted by Crippen LogP contribution is -2.44. The Labute approximate surface area is 99.6 Å². The maximum absolute atomic E-state index is 2.33. The molecule has 2 rings (SSSR count). The van der Waals surface area contributed by atoms with Crippen molar-refractivity contribution in [3.63, 3.8) is 0 Å². The van der Waals surface area contributed by atoms with E-state index in [2.05, 4.69) is 74.5 Å². The van der Waals surface area contributed by atoms with Gasteiger partial charge in [0.25, 0.3) is 0 Å². The molecular formula is C15H17Si-. The Morgan fingerprint density at radius 3 is 1.38 bits per heavy atom. The van der Waals surface area contributed by atoms with Gasteiger partial charge in [0.2, 0.25) is 0 Å². The van der Waals surface area contributed by atoms with Crippen LogP contribution in [-0.2, 0) is 0 Å². The van der Waals surface area contributed by atoms with Crippen LogP contribution in [0.15, 0.2) is 60.7 Å². The molecule has 0 fully saturated rings. The van der Waals surface area contributed by atoms with E-state index in [4.69, 9.17) is 0 Å². The zero-order valence-corrected chi connectivity index (χ0v) is 10.9. The minimum atomic E-state index is -0.617. The van der Waals surface area contributed by atoms with Crippen LogP contribution >= 0.6 is 0 Å². The smallest absolute Gasteiger partial charge is 0.0625 e. The standard InChI is InChI=1S/C15H17Si/c1-13(2)16(14-9-5-3-6-10-14)15-11-7-4-8-12-15/h3-13H,1-2H3/q-1. The highest BCUT2D eigenvalue weighted by Crippen LogP contribution is 2.08. The first kappa shape index (κ1) is 11.2. The maximum Gasteiger partial charge on any atom is -0.0625 e. The lowest BCUT2D eigenvalue weighted by molar-refractivity contribution is 1.05. The summed E-state index contributed by atoms with van der Waals surface area (Å²) in [5.74, 6) is 0. The van der Waals surface area contributed by atoms with Gasteiger partial charge in [0.15, 0.2) is 0 Å². The fourth-order valence-corrected chi connectivity index (χ4v) is 4.84. The summed E-state index contributed by atoms with van der Waals surface area (Å²) in [5.41, 5.74) is 0.717. The zero-order valence-electron chi connectivity index (χ0n) is 9.85. The molecule has 0 aliphatic rings. The average Bonchev–Trinajstić information content (AvgIpc) is 2.31. The second kappa shape index (κ2) is 5.13. The summed E-state index contributed by atoms with van der Waals surface area (Å²) in [6.45, 7) is 4.66. The van der Waals surface area contributed by atoms with Gasteiger partial charge in [-0.2, -0.15) is 15.9 Å². The fraction of sp³-hybridized carbons (Fsp3) is 0.200. The fourth-order valence-electron chi connectivity index (χ4n) is 2.07. The molecule has 2 aromatic rings. The highest BCUT2D eigenvalue weighted by molar-refractivity contribution is 6.86. The number of rotatable bonds is 3. The maximum atomic E-state index is 2.33. The molecule has 0 saturated heterocycles. The van der Waals surface area contributed by atoms with Gasteiger partial charge in [-0.15, -0.1) is 0 Å². The quantitative estimate of drug-likeness (QED) is 0.705. The number of hydrogen-bond acceptors (Lipinski definition) is 0. The minimum absolute atomic E-state index is 0.617. The Morgan fingerprint density at radius 2 is 1.06 bits per heavy atom. The molecule has 0 saturated carbocycles. The predicted molar refractivity (Wildman–Crippen MR) is 73.0 cm³/mol. The van der Waals surface area contributed by atoms with Crippen LogP contribution in [0.5, 0.6) is 0 Å². The molecular weight excluding hydrogens is 208 g/mol. The zero-order chi connectivity index (χ0) is 11.4. The molecule has 0 unspecified atom stereocenters. The van der Waals surface area contributed by atoms with Crippen molar-refractivity contribution in [2.24, 2.45) is 0 Å². The number of hydrogen-bond donors (Lipinski definition) is 0. The van der Waals surface area contributed by atoms with Crippen molar-refractivity contribution >= 4 is 19.2 Å². The lowest BCUT2D eigenvalue weighted by atomic mass is 10.4. The highest BCUT2D eigenvalue weighted by atomic mass is 28.3. The van der Waals surface area contributed by atoms with Crippen molar-refractivity contribution in [3.8, 4) is 0 Å². The summed E-state index contributed by atoms with van der Waals surface area (Å²) in [4.78, 5) is 0. The average molecular weight is 225 g/mol. The third-order valence-electron chi connectivity index (χ3n) is 2.75. The van der Waals surface area contributed by atoms with Gasteiger partial charge in [0.05, 0.1) is 0 Å². The van der Waals surface area contributed by atoms with Crippen molar-refractivity contribution in [1.82, 2.24) is 0 Å². The van der Waals surface area contributed by atoms with Crippen LogP contribution in [0, 0.1) is 0 Å². The first-order valence-electron chi connectivity index (χ1n) is 5.76. The molecule has 0 radical (unpaired) electrons. The molecule has 82 valence electrons. The second-order valence-corrected chi connectivity index (χ2v) is 7.44. The van der Waals surface area contributed by atoms with Crippen molar-refractivity contribution in [1.29, 1.82) is 0 Å². The largest absolute Gasteiger partial charge is 0.249 e. The second-order valence-electron chi connectivity index (χ2n) is 4.30. The van der Waals surface area contributed by atoms with Crippen molar-refractivity contribution in [3.05, 3.63) is 60.7 Å². The first-order valence-corrected chi connectivity index (χ1v) is 7.34. The molecule has 1 heteroatoms. The van der Waals surface area contributed by atoms with Gasteiger partial charge in [-0.3, -0.25) is 0 Å². The summed E-state index contributed by atoms with van der Waals surface area (Å²) >= 11 is 0. The molecule has 0 aliphatic carbocycles. The van der Waals surface area contributed by atoms with E-state index in [-0.39, 0.29) is 0 Å². The lowest BCUT2D eigenvalue weighted by Gasteiger charge is -2.36. The predicted octanol–water partition coefficient (Wildman–Crippen LogP) is 2.71. The summed E-state index contributed by atoms with van der Waals surface area (Å²) < 4.78 is 0. The van der Waals surface area contributed by atoms with Gasteiger partial charge in [0, 0.05) is 0 Å². The summed E-state index contributed by atoms with van der Waals surface area (Å²) in [6, 6.07) is 21.8. The van der Waals surface area contributed by atoms with E-state index in [9.17, 15) is 0 Å². The molecule has 0 N–H and O–H groups in total. The molecule has 0 atom stereocenters. The highest BCUT2D eigenvalue weighted by Gasteiger charge is 2.02. The van der Waals surface area contributed by atoms with Crippen LogP contribution in [0.25, 0.3) is 0 Å². The molecule has 0 nitrogen and oxygen atoms in total. The van der Waals surface area contributed by atoms with Gasteiger partial charge in [-0.25, -0.2) is 8.80 Å². The van der Waals surface area contributed by atoms with Crippen molar-refractivity contribution in [2.75, 3.05) is 0 Å². The van der Waals surface area contributed by atoms with Gasteiger partial charge >= 0.3 is 0 Å². The van der Waals surface area contributed by atoms with E-state index >= 15 is 0 Å².